The molecule has 140 valence electrons. The van der Waals surface area contributed by atoms with Gasteiger partial charge in [0.05, 0.1) is 11.2 Å². The monoisotopic (exact) mass is 368 g/mol. The Kier molecular flexibility index (Phi) is 4.95. The molecule has 4 heteroatoms. The molecule has 2 nitrogen and oxygen atoms in total. The maximum absolute atomic E-state index is 6.20. The maximum Gasteiger partial charge on any atom is 0.494 e. The van der Waals surface area contributed by atoms with Crippen LogP contribution in [0.15, 0.2) is 84.9 Å². The Labute approximate surface area is 169 Å². The second-order valence-electron chi connectivity index (χ2n) is 8.51. The van der Waals surface area contributed by atoms with Crippen LogP contribution in [0.3, 0.4) is 0 Å². The molecule has 1 aliphatic rings. The Morgan fingerprint density at radius 2 is 0.964 bits per heavy atom. The zero-order chi connectivity index (χ0) is 19.8. The summed E-state index contributed by atoms with van der Waals surface area (Å²) >= 11 is 0. The predicted octanol–water partition coefficient (Wildman–Crippen LogP) is 2.50. The summed E-state index contributed by atoms with van der Waals surface area (Å²) in [7, 11) is -0.328. The van der Waals surface area contributed by atoms with Crippen molar-refractivity contribution in [3.05, 3.63) is 84.9 Å². The van der Waals surface area contributed by atoms with Crippen molar-refractivity contribution in [2.75, 3.05) is 0 Å². The van der Waals surface area contributed by atoms with E-state index in [9.17, 15) is 0 Å². The van der Waals surface area contributed by atoms with Crippen LogP contribution >= 0.6 is 0 Å². The molecule has 3 aromatic rings. The van der Waals surface area contributed by atoms with Crippen LogP contribution in [-0.4, -0.2) is 25.0 Å². The van der Waals surface area contributed by atoms with E-state index in [4.69, 9.17) is 9.31 Å². The SMILES string of the molecule is CC1(C)OB(c2ccc(B(c3ccccc3)c3ccccc3)cc2)OC1(C)C. The number of benzene rings is 3. The lowest BCUT2D eigenvalue weighted by molar-refractivity contribution is 0.00578. The summed E-state index contributed by atoms with van der Waals surface area (Å²) < 4.78 is 12.4. The smallest absolute Gasteiger partial charge is 0.399 e. The first kappa shape index (κ1) is 19.0. The summed E-state index contributed by atoms with van der Waals surface area (Å²) in [5.41, 5.74) is 4.24. The Bertz CT molecular complexity index is 866. The third-order valence-corrected chi connectivity index (χ3v) is 6.06. The van der Waals surface area contributed by atoms with Crippen molar-refractivity contribution >= 4 is 35.7 Å². The van der Waals surface area contributed by atoms with Gasteiger partial charge >= 0.3 is 7.12 Å². The molecule has 0 unspecified atom stereocenters. The lowest BCUT2D eigenvalue weighted by atomic mass is 9.37. The first-order chi connectivity index (χ1) is 13.4. The fourth-order valence-electron chi connectivity index (χ4n) is 3.69. The zero-order valence-electron chi connectivity index (χ0n) is 17.1. The van der Waals surface area contributed by atoms with E-state index >= 15 is 0 Å². The molecule has 0 atom stereocenters. The van der Waals surface area contributed by atoms with Crippen LogP contribution in [0.25, 0.3) is 0 Å². The Morgan fingerprint density at radius 3 is 1.39 bits per heavy atom. The van der Waals surface area contributed by atoms with Crippen LogP contribution in [0.5, 0.6) is 0 Å². The molecule has 1 heterocycles. The highest BCUT2D eigenvalue weighted by Crippen LogP contribution is 2.36. The molecule has 0 bridgehead atoms. The minimum Gasteiger partial charge on any atom is -0.399 e. The van der Waals surface area contributed by atoms with Crippen LogP contribution in [0.4, 0.5) is 0 Å². The molecule has 0 aromatic heterocycles. The van der Waals surface area contributed by atoms with Gasteiger partial charge in [0.2, 0.25) is 6.71 Å². The summed E-state index contributed by atoms with van der Waals surface area (Å²) in [6.45, 7) is 8.55. The Hall–Kier alpha value is -2.29. The Balaban J connectivity index is 1.66. The van der Waals surface area contributed by atoms with Crippen LogP contribution < -0.4 is 21.9 Å². The van der Waals surface area contributed by atoms with Crippen molar-refractivity contribution < 1.29 is 9.31 Å². The van der Waals surface area contributed by atoms with Crippen molar-refractivity contribution in [1.29, 1.82) is 0 Å². The standard InChI is InChI=1S/C24H26B2O2/c1-23(2)24(3,4)28-26(27-23)22-17-15-21(16-18-22)25(19-11-7-5-8-12-19)20-13-9-6-10-14-20/h5-18H,1-4H3. The second-order valence-corrected chi connectivity index (χ2v) is 8.51. The average Bonchev–Trinajstić information content (AvgIpc) is 2.92. The summed E-state index contributed by atoms with van der Waals surface area (Å²) in [6, 6.07) is 30.0. The summed E-state index contributed by atoms with van der Waals surface area (Å²) in [4.78, 5) is 0. The van der Waals surface area contributed by atoms with Gasteiger partial charge in [0.1, 0.15) is 0 Å². The maximum atomic E-state index is 6.20. The summed E-state index contributed by atoms with van der Waals surface area (Å²) in [5, 5.41) is 0. The molecule has 0 aliphatic carbocycles. The first-order valence-corrected chi connectivity index (χ1v) is 9.93. The fraction of sp³-hybridized carbons (Fsp3) is 0.250. The van der Waals surface area contributed by atoms with Crippen LogP contribution in [0, 0.1) is 0 Å². The number of rotatable bonds is 4. The molecule has 0 amide bonds. The van der Waals surface area contributed by atoms with Crippen LogP contribution in [0.2, 0.25) is 0 Å². The van der Waals surface area contributed by atoms with Gasteiger partial charge < -0.3 is 9.31 Å². The first-order valence-electron chi connectivity index (χ1n) is 9.93. The van der Waals surface area contributed by atoms with E-state index in [1.165, 1.54) is 16.4 Å². The predicted molar refractivity (Wildman–Crippen MR) is 120 cm³/mol. The van der Waals surface area contributed by atoms with Crippen molar-refractivity contribution in [3.63, 3.8) is 0 Å². The summed E-state index contributed by atoms with van der Waals surface area (Å²) in [6.07, 6.45) is 0. The highest BCUT2D eigenvalue weighted by atomic mass is 16.7. The highest BCUT2D eigenvalue weighted by molar-refractivity contribution is 6.95. The van der Waals surface area contributed by atoms with Gasteiger partial charge in [-0.3, -0.25) is 0 Å². The van der Waals surface area contributed by atoms with Crippen molar-refractivity contribution in [2.24, 2.45) is 0 Å². The molecule has 28 heavy (non-hydrogen) atoms. The third-order valence-electron chi connectivity index (χ3n) is 6.06. The number of hydrogen-bond donors (Lipinski definition) is 0. The van der Waals surface area contributed by atoms with Gasteiger partial charge in [0, 0.05) is 0 Å². The molecule has 0 N–H and O–H groups in total. The topological polar surface area (TPSA) is 18.5 Å². The molecule has 0 radical (unpaired) electrons. The van der Waals surface area contributed by atoms with Gasteiger partial charge in [-0.05, 0) is 33.2 Å². The molecule has 0 saturated carbocycles. The molecular formula is C24H26B2O2. The molecular weight excluding hydrogens is 342 g/mol. The van der Waals surface area contributed by atoms with E-state index in [2.05, 4.69) is 113 Å². The quantitative estimate of drug-likeness (QED) is 0.659. The third kappa shape index (κ3) is 3.55. The highest BCUT2D eigenvalue weighted by Gasteiger charge is 2.51. The fourth-order valence-corrected chi connectivity index (χ4v) is 3.69. The number of hydrogen-bond acceptors (Lipinski definition) is 2. The molecule has 1 fully saturated rings. The van der Waals surface area contributed by atoms with Gasteiger partial charge in [0.25, 0.3) is 0 Å². The van der Waals surface area contributed by atoms with E-state index < -0.39 is 0 Å². The van der Waals surface area contributed by atoms with Gasteiger partial charge in [-0.1, -0.05) is 101 Å². The van der Waals surface area contributed by atoms with Crippen molar-refractivity contribution in [3.8, 4) is 0 Å². The van der Waals surface area contributed by atoms with E-state index in [1.807, 2.05) is 0 Å². The minimum absolute atomic E-state index is 0.203. The summed E-state index contributed by atoms with van der Waals surface area (Å²) in [5.74, 6) is 0. The lowest BCUT2D eigenvalue weighted by Gasteiger charge is -2.32. The molecule has 4 rings (SSSR count). The van der Waals surface area contributed by atoms with Crippen molar-refractivity contribution in [2.45, 2.75) is 38.9 Å². The largest absolute Gasteiger partial charge is 0.494 e. The Morgan fingerprint density at radius 1 is 0.571 bits per heavy atom. The van der Waals surface area contributed by atoms with E-state index in [0.29, 0.717) is 0 Å². The van der Waals surface area contributed by atoms with Gasteiger partial charge in [-0.25, -0.2) is 0 Å². The molecule has 3 aromatic carbocycles. The lowest BCUT2D eigenvalue weighted by Crippen LogP contribution is -2.52. The molecule has 1 saturated heterocycles. The van der Waals surface area contributed by atoms with Crippen LogP contribution in [-0.2, 0) is 9.31 Å². The van der Waals surface area contributed by atoms with E-state index in [1.54, 1.807) is 0 Å². The minimum atomic E-state index is -0.328. The van der Waals surface area contributed by atoms with Crippen molar-refractivity contribution in [1.82, 2.24) is 0 Å². The van der Waals surface area contributed by atoms with E-state index in [0.717, 1.165) is 5.46 Å². The second kappa shape index (κ2) is 7.27. The van der Waals surface area contributed by atoms with Gasteiger partial charge in [0.15, 0.2) is 0 Å². The van der Waals surface area contributed by atoms with Crippen LogP contribution in [0.1, 0.15) is 27.7 Å². The molecule has 1 aliphatic heterocycles. The normalized spacial score (nSPS) is 17.5. The zero-order valence-corrected chi connectivity index (χ0v) is 17.1. The average molecular weight is 368 g/mol. The van der Waals surface area contributed by atoms with Gasteiger partial charge in [-0.15, -0.1) is 0 Å². The van der Waals surface area contributed by atoms with E-state index in [-0.39, 0.29) is 25.0 Å². The molecule has 0 spiro atoms. The van der Waals surface area contributed by atoms with Gasteiger partial charge in [-0.2, -0.15) is 0 Å².